The fraction of sp³-hybridized carbons (Fsp3) is 0.400. The van der Waals surface area contributed by atoms with Crippen LogP contribution in [0.15, 0.2) is 51.7 Å². The summed E-state index contributed by atoms with van der Waals surface area (Å²) in [6, 6.07) is 14.1. The lowest BCUT2D eigenvalue weighted by Crippen LogP contribution is -2.33. The Balaban J connectivity index is 1.42. The first kappa shape index (κ1) is 16.8. The quantitative estimate of drug-likeness (QED) is 0.767. The Morgan fingerprint density at radius 3 is 2.58 bits per heavy atom. The first-order valence-corrected chi connectivity index (χ1v) is 9.16. The van der Waals surface area contributed by atoms with Gasteiger partial charge in [-0.05, 0) is 50.6 Å². The van der Waals surface area contributed by atoms with Gasteiger partial charge in [0.1, 0.15) is 17.3 Å². The van der Waals surface area contributed by atoms with E-state index in [2.05, 4.69) is 15.1 Å². The van der Waals surface area contributed by atoms with E-state index in [1.807, 2.05) is 49.4 Å². The summed E-state index contributed by atoms with van der Waals surface area (Å²) in [7, 11) is 0. The smallest absolute Gasteiger partial charge is 0.343 e. The second kappa shape index (κ2) is 7.33. The molecule has 1 fully saturated rings. The van der Waals surface area contributed by atoms with Gasteiger partial charge in [0.25, 0.3) is 0 Å². The predicted molar refractivity (Wildman–Crippen MR) is 99.1 cm³/mol. The van der Waals surface area contributed by atoms with Gasteiger partial charge in [0.15, 0.2) is 0 Å². The summed E-state index contributed by atoms with van der Waals surface area (Å²) in [5.41, 5.74) is 0.986. The lowest BCUT2D eigenvalue weighted by Gasteiger charge is -2.30. The highest BCUT2D eigenvalue weighted by Gasteiger charge is 2.26. The summed E-state index contributed by atoms with van der Waals surface area (Å²) < 4.78 is 7.47. The van der Waals surface area contributed by atoms with Crippen molar-refractivity contribution in [2.45, 2.75) is 38.8 Å². The van der Waals surface area contributed by atoms with Crippen LogP contribution < -0.4 is 5.69 Å². The Hall–Kier alpha value is -2.60. The first-order valence-electron chi connectivity index (χ1n) is 9.16. The maximum Gasteiger partial charge on any atom is 0.343 e. The van der Waals surface area contributed by atoms with Crippen LogP contribution in [0.3, 0.4) is 0 Å². The summed E-state index contributed by atoms with van der Waals surface area (Å²) in [6.45, 7) is 5.35. The van der Waals surface area contributed by atoms with E-state index < -0.39 is 0 Å². The summed E-state index contributed by atoms with van der Waals surface area (Å²) in [6.07, 6.45) is 2.00. The molecule has 0 radical (unpaired) electrons. The molecule has 0 unspecified atom stereocenters. The van der Waals surface area contributed by atoms with Gasteiger partial charge in [-0.2, -0.15) is 5.10 Å². The molecule has 3 aromatic rings. The summed E-state index contributed by atoms with van der Waals surface area (Å²) in [4.78, 5) is 14.6. The van der Waals surface area contributed by atoms with Crippen molar-refractivity contribution in [3.8, 4) is 0 Å². The number of benzene rings is 1. The molecule has 0 spiro atoms. The van der Waals surface area contributed by atoms with Crippen LogP contribution in [0.2, 0.25) is 0 Å². The Labute approximate surface area is 152 Å². The van der Waals surface area contributed by atoms with E-state index in [0.29, 0.717) is 12.5 Å². The van der Waals surface area contributed by atoms with Gasteiger partial charge in [0, 0.05) is 5.92 Å². The second-order valence-corrected chi connectivity index (χ2v) is 7.02. The monoisotopic (exact) mass is 352 g/mol. The molecule has 136 valence electrons. The van der Waals surface area contributed by atoms with Crippen LogP contribution in [0.5, 0.6) is 0 Å². The molecule has 0 bridgehead atoms. The number of nitrogens with one attached hydrogen (secondary N) is 1. The van der Waals surface area contributed by atoms with E-state index >= 15 is 0 Å². The minimum Gasteiger partial charge on any atom is -0.465 e. The zero-order valence-corrected chi connectivity index (χ0v) is 15.0. The fourth-order valence-electron chi connectivity index (χ4n) is 3.70. The molecular weight excluding hydrogens is 328 g/mol. The zero-order valence-electron chi connectivity index (χ0n) is 15.0. The summed E-state index contributed by atoms with van der Waals surface area (Å²) in [5.74, 6) is 3.16. The average Bonchev–Trinajstić information content (AvgIpc) is 3.23. The van der Waals surface area contributed by atoms with Gasteiger partial charge in [0.05, 0.1) is 13.1 Å². The van der Waals surface area contributed by atoms with Gasteiger partial charge in [-0.15, -0.1) is 0 Å². The zero-order chi connectivity index (χ0) is 17.9. The number of likely N-dealkylation sites (tertiary alicyclic amines) is 1. The summed E-state index contributed by atoms with van der Waals surface area (Å²) in [5, 5.41) is 6.97. The third-order valence-electron chi connectivity index (χ3n) is 5.10. The van der Waals surface area contributed by atoms with Crippen molar-refractivity contribution in [2.75, 3.05) is 13.1 Å². The minimum atomic E-state index is -0.127. The number of aryl methyl sites for hydroxylation is 1. The number of hydrogen-bond donors (Lipinski definition) is 1. The standard InChI is InChI=1S/C20H24N4O2/c1-15-7-8-18(26-15)14-23-11-9-17(10-12-23)19-21-22-20(25)24(19)13-16-5-3-2-4-6-16/h2-8,17H,9-14H2,1H3,(H,22,25). The van der Waals surface area contributed by atoms with Gasteiger partial charge in [-0.1, -0.05) is 30.3 Å². The molecule has 1 saturated heterocycles. The number of H-pyrrole nitrogens is 1. The molecule has 4 rings (SSSR count). The molecule has 1 aromatic carbocycles. The third-order valence-corrected chi connectivity index (χ3v) is 5.10. The fourth-order valence-corrected chi connectivity index (χ4v) is 3.70. The van der Waals surface area contributed by atoms with Crippen LogP contribution in [0.4, 0.5) is 0 Å². The van der Waals surface area contributed by atoms with Crippen molar-refractivity contribution in [1.29, 1.82) is 0 Å². The molecule has 0 amide bonds. The van der Waals surface area contributed by atoms with Crippen molar-refractivity contribution in [1.82, 2.24) is 19.7 Å². The van der Waals surface area contributed by atoms with E-state index in [4.69, 9.17) is 4.42 Å². The van der Waals surface area contributed by atoms with Crippen molar-refractivity contribution in [3.63, 3.8) is 0 Å². The first-order chi connectivity index (χ1) is 12.7. The molecule has 1 aliphatic heterocycles. The van der Waals surface area contributed by atoms with Crippen molar-refractivity contribution >= 4 is 0 Å². The molecule has 2 aromatic heterocycles. The third kappa shape index (κ3) is 3.65. The number of rotatable bonds is 5. The number of aromatic amines is 1. The highest BCUT2D eigenvalue weighted by atomic mass is 16.3. The number of nitrogens with zero attached hydrogens (tertiary/aromatic N) is 3. The highest BCUT2D eigenvalue weighted by Crippen LogP contribution is 2.27. The van der Waals surface area contributed by atoms with Crippen molar-refractivity contribution < 1.29 is 4.42 Å². The Morgan fingerprint density at radius 1 is 1.12 bits per heavy atom. The topological polar surface area (TPSA) is 67.1 Å². The average molecular weight is 352 g/mol. The summed E-state index contributed by atoms with van der Waals surface area (Å²) >= 11 is 0. The van der Waals surface area contributed by atoms with Gasteiger partial charge in [-0.25, -0.2) is 9.89 Å². The van der Waals surface area contributed by atoms with Crippen LogP contribution in [0, 0.1) is 6.92 Å². The van der Waals surface area contributed by atoms with E-state index in [-0.39, 0.29) is 5.69 Å². The van der Waals surface area contributed by atoms with Gasteiger partial charge in [-0.3, -0.25) is 9.47 Å². The maximum atomic E-state index is 12.2. The van der Waals surface area contributed by atoms with E-state index in [1.54, 1.807) is 4.57 Å². The molecule has 6 nitrogen and oxygen atoms in total. The van der Waals surface area contributed by atoms with Crippen LogP contribution in [0.1, 0.15) is 41.7 Å². The minimum absolute atomic E-state index is 0.127. The number of hydrogen-bond acceptors (Lipinski definition) is 4. The van der Waals surface area contributed by atoms with E-state index in [0.717, 1.165) is 55.4 Å². The van der Waals surface area contributed by atoms with E-state index in [9.17, 15) is 4.79 Å². The van der Waals surface area contributed by atoms with Crippen LogP contribution in [0.25, 0.3) is 0 Å². The Bertz CT molecular complexity index is 901. The molecule has 3 heterocycles. The number of piperidine rings is 1. The molecule has 0 aliphatic carbocycles. The van der Waals surface area contributed by atoms with Gasteiger partial charge in [0.2, 0.25) is 0 Å². The molecular formula is C20H24N4O2. The molecule has 1 N–H and O–H groups in total. The lowest BCUT2D eigenvalue weighted by atomic mass is 9.95. The number of furan rings is 1. The van der Waals surface area contributed by atoms with Gasteiger partial charge >= 0.3 is 5.69 Å². The van der Waals surface area contributed by atoms with Crippen molar-refractivity contribution in [3.05, 3.63) is 75.9 Å². The second-order valence-electron chi connectivity index (χ2n) is 7.02. The molecule has 0 saturated carbocycles. The van der Waals surface area contributed by atoms with Crippen molar-refractivity contribution in [2.24, 2.45) is 0 Å². The highest BCUT2D eigenvalue weighted by molar-refractivity contribution is 5.16. The molecule has 1 aliphatic rings. The Morgan fingerprint density at radius 2 is 1.88 bits per heavy atom. The van der Waals surface area contributed by atoms with E-state index in [1.165, 1.54) is 0 Å². The normalized spacial score (nSPS) is 16.2. The lowest BCUT2D eigenvalue weighted by molar-refractivity contribution is 0.186. The van der Waals surface area contributed by atoms with Crippen LogP contribution in [-0.2, 0) is 13.1 Å². The Kier molecular flexibility index (Phi) is 4.75. The van der Waals surface area contributed by atoms with Crippen LogP contribution >= 0.6 is 0 Å². The van der Waals surface area contributed by atoms with Crippen LogP contribution in [-0.4, -0.2) is 32.8 Å². The maximum absolute atomic E-state index is 12.2. The molecule has 6 heteroatoms. The SMILES string of the molecule is Cc1ccc(CN2CCC(c3n[nH]c(=O)n3Cc3ccccc3)CC2)o1. The molecule has 0 atom stereocenters. The largest absolute Gasteiger partial charge is 0.465 e. The number of aromatic nitrogens is 3. The van der Waals surface area contributed by atoms with Gasteiger partial charge < -0.3 is 4.42 Å². The molecule has 26 heavy (non-hydrogen) atoms. The predicted octanol–water partition coefficient (Wildman–Crippen LogP) is 2.90.